The zero-order valence-corrected chi connectivity index (χ0v) is 16.8. The van der Waals surface area contributed by atoms with Gasteiger partial charge in [-0.1, -0.05) is 57.1 Å². The van der Waals surface area contributed by atoms with Crippen molar-refractivity contribution in [2.24, 2.45) is 35.5 Å². The van der Waals surface area contributed by atoms with E-state index in [0.717, 1.165) is 32.1 Å². The average molecular weight is 361 g/mol. The Labute approximate surface area is 158 Å². The van der Waals surface area contributed by atoms with Crippen LogP contribution in [-0.2, 0) is 4.79 Å². The Morgan fingerprint density at radius 1 is 1.15 bits per heavy atom. The lowest BCUT2D eigenvalue weighted by Crippen LogP contribution is -2.48. The van der Waals surface area contributed by atoms with Crippen molar-refractivity contribution in [1.82, 2.24) is 0 Å². The molecule has 0 aromatic rings. The third-order valence-corrected chi connectivity index (χ3v) is 6.64. The highest BCUT2D eigenvalue weighted by molar-refractivity contribution is 5.80. The molecule has 0 bridgehead atoms. The summed E-state index contributed by atoms with van der Waals surface area (Å²) in [6, 6.07) is 0. The largest absolute Gasteiger partial charge is 0.478 e. The maximum Gasteiger partial charge on any atom is 0.328 e. The van der Waals surface area contributed by atoms with Crippen LogP contribution >= 0.6 is 0 Å². The van der Waals surface area contributed by atoms with Crippen molar-refractivity contribution in [3.8, 4) is 0 Å². The Morgan fingerprint density at radius 2 is 1.88 bits per heavy atom. The van der Waals surface area contributed by atoms with Gasteiger partial charge in [0, 0.05) is 6.08 Å². The highest BCUT2D eigenvalue weighted by Crippen LogP contribution is 2.53. The first-order chi connectivity index (χ1) is 12.4. The molecule has 2 saturated carbocycles. The Hall–Kier alpha value is -1.35. The molecule has 146 valence electrons. The van der Waals surface area contributed by atoms with E-state index in [4.69, 9.17) is 5.11 Å². The fourth-order valence-corrected chi connectivity index (χ4v) is 5.53. The van der Waals surface area contributed by atoms with Crippen LogP contribution in [0, 0.1) is 35.5 Å². The summed E-state index contributed by atoms with van der Waals surface area (Å²) in [6.07, 6.45) is 14.5. The lowest BCUT2D eigenvalue weighted by Gasteiger charge is -2.52. The number of unbranched alkanes of at least 4 members (excludes halogenated alkanes) is 1. The molecule has 0 aliphatic heterocycles. The van der Waals surface area contributed by atoms with Crippen LogP contribution in [0.3, 0.4) is 0 Å². The third kappa shape index (κ3) is 4.88. The van der Waals surface area contributed by atoms with Crippen LogP contribution in [0.25, 0.3) is 0 Å². The molecule has 2 rings (SSSR count). The van der Waals surface area contributed by atoms with Crippen LogP contribution in [0.15, 0.2) is 36.0 Å². The average Bonchev–Trinajstić information content (AvgIpc) is 2.59. The number of hydrogen-bond donors (Lipinski definition) is 2. The van der Waals surface area contributed by atoms with Gasteiger partial charge in [0.2, 0.25) is 0 Å². The topological polar surface area (TPSA) is 57.5 Å². The second-order valence-corrected chi connectivity index (χ2v) is 8.50. The van der Waals surface area contributed by atoms with Crippen molar-refractivity contribution in [3.05, 3.63) is 36.0 Å². The van der Waals surface area contributed by atoms with Crippen LogP contribution in [-0.4, -0.2) is 22.3 Å². The smallest absolute Gasteiger partial charge is 0.328 e. The van der Waals surface area contributed by atoms with Gasteiger partial charge in [-0.25, -0.2) is 4.79 Å². The molecule has 0 amide bonds. The number of allylic oxidation sites excluding steroid dienone is 5. The van der Waals surface area contributed by atoms with Gasteiger partial charge < -0.3 is 10.2 Å². The molecule has 3 nitrogen and oxygen atoms in total. The molecule has 2 aliphatic carbocycles. The number of fused-ring (bicyclic) bond motifs is 1. The Bertz CT molecular complexity index is 560. The first kappa shape index (κ1) is 21.0. The number of carbonyl (C=O) groups is 1. The molecule has 0 aromatic heterocycles. The Balaban J connectivity index is 2.36. The molecule has 2 N–H and O–H groups in total. The van der Waals surface area contributed by atoms with E-state index in [9.17, 15) is 9.90 Å². The molecule has 0 radical (unpaired) electrons. The number of rotatable bonds is 6. The second-order valence-electron chi connectivity index (χ2n) is 8.50. The van der Waals surface area contributed by atoms with Gasteiger partial charge in [0.05, 0.1) is 6.10 Å². The highest BCUT2D eigenvalue weighted by Gasteiger charge is 2.48. The first-order valence-electron chi connectivity index (χ1n) is 10.3. The molecule has 0 saturated heterocycles. The summed E-state index contributed by atoms with van der Waals surface area (Å²) in [7, 11) is 0. The minimum atomic E-state index is -0.915. The van der Waals surface area contributed by atoms with Crippen molar-refractivity contribution in [2.75, 3.05) is 0 Å². The van der Waals surface area contributed by atoms with Crippen molar-refractivity contribution in [1.29, 1.82) is 0 Å². The molecular formula is C23H36O3. The SMILES string of the molecule is CCCC=C(C)[C@H]1[C@@H](C=CC=CC(=O)O)[C@H]2[C@@H](C[C@@H]1C)[C@@H](O)CC[C@@H]2C. The van der Waals surface area contributed by atoms with Crippen LogP contribution in [0.5, 0.6) is 0 Å². The molecule has 3 heteroatoms. The van der Waals surface area contributed by atoms with Crippen molar-refractivity contribution in [2.45, 2.75) is 65.9 Å². The van der Waals surface area contributed by atoms with Gasteiger partial charge in [-0.15, -0.1) is 0 Å². The van der Waals surface area contributed by atoms with Crippen molar-refractivity contribution >= 4 is 5.97 Å². The Kier molecular flexibility index (Phi) is 7.69. The molecule has 2 fully saturated rings. The normalized spacial score (nSPS) is 38.7. The maximum atomic E-state index is 10.8. The van der Waals surface area contributed by atoms with Crippen LogP contribution in [0.4, 0.5) is 0 Å². The number of aliphatic hydroxyl groups is 1. The van der Waals surface area contributed by atoms with E-state index < -0.39 is 5.97 Å². The Morgan fingerprint density at radius 3 is 2.54 bits per heavy atom. The predicted molar refractivity (Wildman–Crippen MR) is 107 cm³/mol. The van der Waals surface area contributed by atoms with Gasteiger partial charge in [-0.2, -0.15) is 0 Å². The molecule has 0 spiro atoms. The van der Waals surface area contributed by atoms with Gasteiger partial charge in [0.1, 0.15) is 0 Å². The fourth-order valence-electron chi connectivity index (χ4n) is 5.53. The van der Waals surface area contributed by atoms with E-state index in [-0.39, 0.29) is 6.10 Å². The van der Waals surface area contributed by atoms with Crippen LogP contribution in [0.1, 0.15) is 59.8 Å². The van der Waals surface area contributed by atoms with Gasteiger partial charge >= 0.3 is 5.97 Å². The van der Waals surface area contributed by atoms with Gasteiger partial charge in [-0.3, -0.25) is 0 Å². The molecular weight excluding hydrogens is 324 g/mol. The van der Waals surface area contributed by atoms with Gasteiger partial charge in [0.25, 0.3) is 0 Å². The first-order valence-corrected chi connectivity index (χ1v) is 10.3. The van der Waals surface area contributed by atoms with E-state index in [2.05, 4.69) is 39.8 Å². The van der Waals surface area contributed by atoms with Crippen LogP contribution in [0.2, 0.25) is 0 Å². The number of carboxylic acid groups (broad SMARTS) is 1. The number of aliphatic carboxylic acids is 1. The third-order valence-electron chi connectivity index (χ3n) is 6.64. The monoisotopic (exact) mass is 360 g/mol. The van der Waals surface area contributed by atoms with E-state index >= 15 is 0 Å². The highest BCUT2D eigenvalue weighted by atomic mass is 16.4. The van der Waals surface area contributed by atoms with E-state index in [1.54, 1.807) is 6.08 Å². The van der Waals surface area contributed by atoms with Gasteiger partial charge in [0.15, 0.2) is 0 Å². The summed E-state index contributed by atoms with van der Waals surface area (Å²) >= 11 is 0. The lowest BCUT2D eigenvalue weighted by molar-refractivity contribution is -0.131. The molecule has 0 aromatic carbocycles. The zero-order valence-electron chi connectivity index (χ0n) is 16.8. The second kappa shape index (κ2) is 9.55. The lowest BCUT2D eigenvalue weighted by atomic mass is 9.53. The van der Waals surface area contributed by atoms with E-state index in [1.165, 1.54) is 11.6 Å². The number of hydrogen-bond acceptors (Lipinski definition) is 2. The summed E-state index contributed by atoms with van der Waals surface area (Å²) in [5.74, 6) is 1.88. The minimum Gasteiger partial charge on any atom is -0.478 e. The molecule has 26 heavy (non-hydrogen) atoms. The summed E-state index contributed by atoms with van der Waals surface area (Å²) in [6.45, 7) is 9.12. The number of aliphatic hydroxyl groups excluding tert-OH is 1. The van der Waals surface area contributed by atoms with E-state index in [1.807, 2.05) is 6.08 Å². The standard InChI is InChI=1S/C23H36O3/c1-5-6-9-15(2)22-17(4)14-19-20(24)13-12-16(3)23(19)18(22)10-7-8-11-21(25)26/h7-11,16-20,22-24H,5-6,12-14H2,1-4H3,(H,25,26)/t16-,17-,18+,19-,20-,22+,23-/m0/s1. The minimum absolute atomic E-state index is 0.190. The number of carboxylic acids is 1. The van der Waals surface area contributed by atoms with Crippen LogP contribution < -0.4 is 0 Å². The van der Waals surface area contributed by atoms with Crippen molar-refractivity contribution < 1.29 is 15.0 Å². The summed E-state index contributed by atoms with van der Waals surface area (Å²) in [5, 5.41) is 19.5. The van der Waals surface area contributed by atoms with Gasteiger partial charge in [-0.05, 0) is 68.1 Å². The molecule has 0 unspecified atom stereocenters. The quantitative estimate of drug-likeness (QED) is 0.387. The molecule has 0 heterocycles. The van der Waals surface area contributed by atoms with E-state index in [0.29, 0.717) is 35.5 Å². The zero-order chi connectivity index (χ0) is 19.3. The summed E-state index contributed by atoms with van der Waals surface area (Å²) < 4.78 is 0. The maximum absolute atomic E-state index is 10.8. The predicted octanol–water partition coefficient (Wildman–Crippen LogP) is 5.23. The molecule has 7 atom stereocenters. The van der Waals surface area contributed by atoms with Crippen molar-refractivity contribution in [3.63, 3.8) is 0 Å². The summed E-state index contributed by atoms with van der Waals surface area (Å²) in [5.41, 5.74) is 1.46. The molecule has 2 aliphatic rings. The fraction of sp³-hybridized carbons (Fsp3) is 0.696. The summed E-state index contributed by atoms with van der Waals surface area (Å²) in [4.78, 5) is 10.8.